The van der Waals surface area contributed by atoms with E-state index in [0.29, 0.717) is 17.8 Å². The quantitative estimate of drug-likeness (QED) is 0.303. The van der Waals surface area contributed by atoms with E-state index >= 15 is 0 Å². The zero-order valence-electron chi connectivity index (χ0n) is 27.7. The van der Waals surface area contributed by atoms with Crippen LogP contribution in [-0.2, 0) is 19.1 Å². The topological polar surface area (TPSA) is 101 Å². The molecule has 0 saturated heterocycles. The smallest absolute Gasteiger partial charge is 0.309 e. The maximum Gasteiger partial charge on any atom is 0.309 e. The van der Waals surface area contributed by atoms with Crippen LogP contribution in [0, 0.1) is 62.1 Å². The molecule has 5 fully saturated rings. The van der Waals surface area contributed by atoms with E-state index in [1.54, 1.807) is 6.92 Å². The molecule has 0 heterocycles. The van der Waals surface area contributed by atoms with Crippen LogP contribution in [-0.4, -0.2) is 34.2 Å². The van der Waals surface area contributed by atoms with Gasteiger partial charge in [0.05, 0.1) is 5.41 Å². The van der Waals surface area contributed by atoms with Crippen LogP contribution in [0.4, 0.5) is 0 Å². The van der Waals surface area contributed by atoms with E-state index in [2.05, 4.69) is 48.5 Å². The first-order chi connectivity index (χ1) is 19.3. The van der Waals surface area contributed by atoms with Gasteiger partial charge in [-0.25, -0.2) is 0 Å². The molecule has 6 heteroatoms. The van der Waals surface area contributed by atoms with Crippen LogP contribution in [0.15, 0.2) is 0 Å². The molecule has 0 amide bonds. The van der Waals surface area contributed by atoms with E-state index in [1.165, 1.54) is 6.42 Å². The van der Waals surface area contributed by atoms with Crippen molar-refractivity contribution in [3.8, 4) is 0 Å². The lowest BCUT2D eigenvalue weighted by Gasteiger charge is -2.73. The van der Waals surface area contributed by atoms with Crippen LogP contribution in [0.2, 0.25) is 0 Å². The van der Waals surface area contributed by atoms with Gasteiger partial charge in [-0.3, -0.25) is 14.4 Å². The highest BCUT2D eigenvalue weighted by Crippen LogP contribution is 2.77. The van der Waals surface area contributed by atoms with Crippen molar-refractivity contribution in [2.75, 3.05) is 0 Å². The average Bonchev–Trinajstić information content (AvgIpc) is 2.85. The molecule has 5 aliphatic rings. The number of hydrogen-bond donors (Lipinski definition) is 2. The van der Waals surface area contributed by atoms with Gasteiger partial charge in [0.15, 0.2) is 0 Å². The Labute approximate surface area is 254 Å². The summed E-state index contributed by atoms with van der Waals surface area (Å²) in [6.45, 7) is 18.8. The van der Waals surface area contributed by atoms with Gasteiger partial charge >= 0.3 is 17.9 Å². The number of rotatable bonds is 6. The van der Waals surface area contributed by atoms with Crippen LogP contribution < -0.4 is 0 Å². The van der Waals surface area contributed by atoms with Crippen molar-refractivity contribution in [2.45, 2.75) is 145 Å². The summed E-state index contributed by atoms with van der Waals surface area (Å²) in [5.74, 6) is -0.178. The highest BCUT2D eigenvalue weighted by atomic mass is 16.5. The lowest BCUT2D eigenvalue weighted by molar-refractivity contribution is -0.256. The Morgan fingerprint density at radius 3 is 2.05 bits per heavy atom. The molecule has 2 N–H and O–H groups in total. The third kappa shape index (κ3) is 4.66. The van der Waals surface area contributed by atoms with Crippen molar-refractivity contribution in [2.24, 2.45) is 62.1 Å². The minimum absolute atomic E-state index is 0.0180. The van der Waals surface area contributed by atoms with Gasteiger partial charge in [0.1, 0.15) is 6.10 Å². The zero-order chi connectivity index (χ0) is 31.1. The van der Waals surface area contributed by atoms with Crippen molar-refractivity contribution in [1.82, 2.24) is 0 Å². The minimum Gasteiger partial charge on any atom is -0.481 e. The van der Waals surface area contributed by atoms with Gasteiger partial charge in [0.2, 0.25) is 0 Å². The van der Waals surface area contributed by atoms with Crippen LogP contribution in [0.5, 0.6) is 0 Å². The number of ether oxygens (including phenoxy) is 1. The molecular weight excluding hydrogens is 528 g/mol. The summed E-state index contributed by atoms with van der Waals surface area (Å²) in [5.41, 5.74) is -0.0499. The van der Waals surface area contributed by atoms with E-state index in [0.717, 1.165) is 64.2 Å². The van der Waals surface area contributed by atoms with Crippen molar-refractivity contribution in [1.29, 1.82) is 0 Å². The number of esters is 1. The SMILES string of the molecule is CC(CC(=O)O)CC(=O)O[C@H]1CC[C@]2(C)[C@H]3CC[C@@H]4[C@@H]5CC(C)(C)CC[C@]5(C(=O)O)CC[C@@]4(C)[C@]3(C)CC[C@H]2C1(C)C. The van der Waals surface area contributed by atoms with Gasteiger partial charge in [-0.2, -0.15) is 0 Å². The molecule has 0 aromatic heterocycles. The molecule has 0 radical (unpaired) electrons. The highest BCUT2D eigenvalue weighted by Gasteiger charge is 2.71. The van der Waals surface area contributed by atoms with E-state index in [4.69, 9.17) is 9.84 Å². The standard InChI is InChI=1S/C36H58O6/c1-22(19-28(37)38)20-29(39)42-27-12-13-33(6)25(32(27,4)5)11-14-35(8)26(33)10-9-23-24-21-31(2,3)15-17-36(24,30(40)41)18-16-34(23,35)7/h22-27H,9-21H2,1-8H3,(H,37,38)(H,40,41)/t22?,23-,24+,25+,26-,27+,33+,34-,35-,36+/m1/s1. The van der Waals surface area contributed by atoms with Gasteiger partial charge < -0.3 is 14.9 Å². The second kappa shape index (κ2) is 10.2. The van der Waals surface area contributed by atoms with E-state index in [-0.39, 0.29) is 63.8 Å². The van der Waals surface area contributed by atoms with Crippen molar-refractivity contribution < 1.29 is 29.3 Å². The van der Waals surface area contributed by atoms with E-state index in [9.17, 15) is 19.5 Å². The number of carbonyl (C=O) groups excluding carboxylic acids is 1. The summed E-state index contributed by atoms with van der Waals surface area (Å²) in [7, 11) is 0. The molecule has 1 unspecified atom stereocenters. The van der Waals surface area contributed by atoms with Crippen LogP contribution in [0.3, 0.4) is 0 Å². The fraction of sp³-hybridized carbons (Fsp3) is 0.917. The predicted molar refractivity (Wildman–Crippen MR) is 163 cm³/mol. The van der Waals surface area contributed by atoms with Crippen molar-refractivity contribution in [3.05, 3.63) is 0 Å². The van der Waals surface area contributed by atoms with E-state index in [1.807, 2.05) is 0 Å². The fourth-order valence-electron chi connectivity index (χ4n) is 12.5. The molecule has 0 aliphatic heterocycles. The summed E-state index contributed by atoms with van der Waals surface area (Å²) in [6.07, 6.45) is 11.2. The first-order valence-corrected chi connectivity index (χ1v) is 17.0. The summed E-state index contributed by atoms with van der Waals surface area (Å²) in [5, 5.41) is 19.7. The summed E-state index contributed by atoms with van der Waals surface area (Å²) >= 11 is 0. The van der Waals surface area contributed by atoms with Gasteiger partial charge in [0.25, 0.3) is 0 Å². The Hall–Kier alpha value is -1.59. The summed E-state index contributed by atoms with van der Waals surface area (Å²) in [4.78, 5) is 36.9. The number of fused-ring (bicyclic) bond motifs is 7. The second-order valence-corrected chi connectivity index (χ2v) is 17.9. The molecule has 5 rings (SSSR count). The Kier molecular flexibility index (Phi) is 7.75. The van der Waals surface area contributed by atoms with Gasteiger partial charge in [-0.15, -0.1) is 0 Å². The monoisotopic (exact) mass is 586 g/mol. The first-order valence-electron chi connectivity index (χ1n) is 17.0. The van der Waals surface area contributed by atoms with E-state index < -0.39 is 17.4 Å². The number of aliphatic carboxylic acids is 2. The Bertz CT molecular complexity index is 1110. The normalized spacial score (nSPS) is 46.1. The first kappa shape index (κ1) is 31.8. The summed E-state index contributed by atoms with van der Waals surface area (Å²) < 4.78 is 6.14. The number of carboxylic acids is 2. The lowest BCUT2D eigenvalue weighted by atomic mass is 9.31. The predicted octanol–water partition coefficient (Wildman–Crippen LogP) is 8.37. The number of hydrogen-bond acceptors (Lipinski definition) is 4. The Balaban J connectivity index is 1.39. The lowest BCUT2D eigenvalue weighted by Crippen LogP contribution is -2.67. The molecule has 0 aromatic carbocycles. The summed E-state index contributed by atoms with van der Waals surface area (Å²) in [6, 6.07) is 0. The maximum atomic E-state index is 12.9. The van der Waals surface area contributed by atoms with Gasteiger partial charge in [-0.05, 0) is 122 Å². The van der Waals surface area contributed by atoms with Crippen molar-refractivity contribution in [3.63, 3.8) is 0 Å². The molecule has 5 aliphatic carbocycles. The third-order valence-corrected chi connectivity index (χ3v) is 14.9. The molecule has 238 valence electrons. The molecule has 0 bridgehead atoms. The number of carbonyl (C=O) groups is 3. The Morgan fingerprint density at radius 1 is 0.738 bits per heavy atom. The molecule has 42 heavy (non-hydrogen) atoms. The third-order valence-electron chi connectivity index (χ3n) is 14.9. The van der Waals surface area contributed by atoms with Crippen molar-refractivity contribution >= 4 is 17.9 Å². The molecule has 5 saturated carbocycles. The second-order valence-electron chi connectivity index (χ2n) is 17.9. The zero-order valence-corrected chi connectivity index (χ0v) is 27.7. The molecule has 0 aromatic rings. The van der Waals surface area contributed by atoms with Gasteiger partial charge in [0, 0.05) is 18.3 Å². The average molecular weight is 587 g/mol. The van der Waals surface area contributed by atoms with Gasteiger partial charge in [-0.1, -0.05) is 55.4 Å². The highest BCUT2D eigenvalue weighted by molar-refractivity contribution is 5.75. The van der Waals surface area contributed by atoms with Crippen LogP contribution >= 0.6 is 0 Å². The molecular formula is C36H58O6. The Morgan fingerprint density at radius 2 is 1.40 bits per heavy atom. The minimum atomic E-state index is -0.878. The number of carboxylic acid groups (broad SMARTS) is 2. The maximum absolute atomic E-state index is 12.9. The fourth-order valence-corrected chi connectivity index (χ4v) is 12.5. The van der Waals surface area contributed by atoms with Crippen LogP contribution in [0.1, 0.15) is 139 Å². The largest absolute Gasteiger partial charge is 0.481 e. The molecule has 10 atom stereocenters. The molecule has 0 spiro atoms. The van der Waals surface area contributed by atoms with Crippen LogP contribution in [0.25, 0.3) is 0 Å². The molecule has 6 nitrogen and oxygen atoms in total.